The van der Waals surface area contributed by atoms with Crippen LogP contribution in [0.1, 0.15) is 112 Å². The lowest BCUT2D eigenvalue weighted by Crippen LogP contribution is -2.43. The molecule has 0 N–H and O–H groups in total. The summed E-state index contributed by atoms with van der Waals surface area (Å²) >= 11 is 0. The lowest BCUT2D eigenvalue weighted by molar-refractivity contribution is 0.185. The summed E-state index contributed by atoms with van der Waals surface area (Å²) in [5, 5.41) is 0.332. The molecule has 0 aromatic heterocycles. The van der Waals surface area contributed by atoms with Crippen molar-refractivity contribution in [1.29, 1.82) is 0 Å². The highest BCUT2D eigenvalue weighted by Gasteiger charge is 2.38. The summed E-state index contributed by atoms with van der Waals surface area (Å²) in [5.74, 6) is 0. The van der Waals surface area contributed by atoms with Crippen LogP contribution in [0.3, 0.4) is 0 Å². The molecular formula is C21H46OSi. The molecule has 1 nitrogen and oxygen atoms in total. The predicted octanol–water partition coefficient (Wildman–Crippen LogP) is 8.10. The molecule has 0 saturated carbocycles. The Bertz CT molecular complexity index is 268. The minimum atomic E-state index is -1.57. The number of rotatable bonds is 14. The van der Waals surface area contributed by atoms with E-state index < -0.39 is 8.32 Å². The zero-order valence-electron chi connectivity index (χ0n) is 17.5. The van der Waals surface area contributed by atoms with Crippen molar-refractivity contribution in [3.8, 4) is 0 Å². The molecule has 0 heterocycles. The van der Waals surface area contributed by atoms with Gasteiger partial charge in [-0.3, -0.25) is 0 Å². The molecule has 0 aliphatic heterocycles. The van der Waals surface area contributed by atoms with Gasteiger partial charge in [0.15, 0.2) is 8.32 Å². The molecule has 0 amide bonds. The fraction of sp³-hybridized carbons (Fsp3) is 1.00. The van der Waals surface area contributed by atoms with E-state index in [1.807, 2.05) is 0 Å². The van der Waals surface area contributed by atoms with Crippen LogP contribution < -0.4 is 0 Å². The van der Waals surface area contributed by atoms with E-state index in [0.29, 0.717) is 11.1 Å². The van der Waals surface area contributed by atoms with Gasteiger partial charge in [-0.25, -0.2) is 0 Å². The van der Waals surface area contributed by atoms with Gasteiger partial charge in [0.1, 0.15) is 0 Å². The van der Waals surface area contributed by atoms with Gasteiger partial charge in [-0.1, -0.05) is 98.3 Å². The zero-order chi connectivity index (χ0) is 17.8. The number of unbranched alkanes of at least 4 members (excludes halogenated alkanes) is 10. The Kier molecular flexibility index (Phi) is 12.6. The van der Waals surface area contributed by atoms with Crippen molar-refractivity contribution in [1.82, 2.24) is 0 Å². The molecule has 0 aromatic carbocycles. The second kappa shape index (κ2) is 12.5. The summed E-state index contributed by atoms with van der Waals surface area (Å²) in [7, 11) is -1.57. The fourth-order valence-corrected chi connectivity index (χ4v) is 4.31. The molecule has 2 heteroatoms. The maximum absolute atomic E-state index is 6.43. The van der Waals surface area contributed by atoms with Crippen LogP contribution >= 0.6 is 0 Å². The van der Waals surface area contributed by atoms with Crippen molar-refractivity contribution in [2.45, 2.75) is 136 Å². The van der Waals surface area contributed by atoms with Crippen molar-refractivity contribution >= 4 is 8.32 Å². The standard InChI is InChI=1S/C21H46OSi/c1-8-9-10-11-12-13-14-15-16-17-18-19-20(2)22-23(6,7)21(3,4)5/h20H,8-19H2,1-7H3. The molecule has 140 valence electrons. The molecular weight excluding hydrogens is 296 g/mol. The lowest BCUT2D eigenvalue weighted by Gasteiger charge is -2.38. The van der Waals surface area contributed by atoms with Crippen molar-refractivity contribution in [2.75, 3.05) is 0 Å². The Morgan fingerprint density at radius 1 is 0.739 bits per heavy atom. The van der Waals surface area contributed by atoms with Gasteiger partial charge in [0.2, 0.25) is 0 Å². The average molecular weight is 343 g/mol. The first kappa shape index (κ1) is 23.2. The van der Waals surface area contributed by atoms with Crippen LogP contribution in [0.5, 0.6) is 0 Å². The van der Waals surface area contributed by atoms with Crippen LogP contribution in [0, 0.1) is 0 Å². The third-order valence-electron chi connectivity index (χ3n) is 5.52. The van der Waals surface area contributed by atoms with Gasteiger partial charge in [0.05, 0.1) is 0 Å². The molecule has 0 saturated heterocycles. The molecule has 0 bridgehead atoms. The first-order valence-electron chi connectivity index (χ1n) is 10.4. The van der Waals surface area contributed by atoms with Gasteiger partial charge >= 0.3 is 0 Å². The fourth-order valence-electron chi connectivity index (χ4n) is 2.83. The normalized spacial score (nSPS) is 14.2. The summed E-state index contributed by atoms with van der Waals surface area (Å²) in [6, 6.07) is 0. The molecule has 23 heavy (non-hydrogen) atoms. The Hall–Kier alpha value is 0.177. The van der Waals surface area contributed by atoms with Gasteiger partial charge in [-0.2, -0.15) is 0 Å². The zero-order valence-corrected chi connectivity index (χ0v) is 18.5. The van der Waals surface area contributed by atoms with E-state index in [0.717, 1.165) is 0 Å². The molecule has 0 fully saturated rings. The van der Waals surface area contributed by atoms with E-state index in [-0.39, 0.29) is 0 Å². The maximum atomic E-state index is 6.43. The highest BCUT2D eigenvalue weighted by atomic mass is 28.4. The summed E-state index contributed by atoms with van der Waals surface area (Å²) in [6.45, 7) is 16.3. The highest BCUT2D eigenvalue weighted by Crippen LogP contribution is 2.37. The van der Waals surface area contributed by atoms with Crippen LogP contribution in [0.2, 0.25) is 18.1 Å². The van der Waals surface area contributed by atoms with E-state index >= 15 is 0 Å². The molecule has 0 aromatic rings. The smallest absolute Gasteiger partial charge is 0.192 e. The minimum absolute atomic E-state index is 0.332. The van der Waals surface area contributed by atoms with Crippen LogP contribution in [0.25, 0.3) is 0 Å². The van der Waals surface area contributed by atoms with E-state index in [1.54, 1.807) is 0 Å². The Morgan fingerprint density at radius 2 is 1.13 bits per heavy atom. The quantitative estimate of drug-likeness (QED) is 0.229. The van der Waals surface area contributed by atoms with Crippen molar-refractivity contribution < 1.29 is 4.43 Å². The van der Waals surface area contributed by atoms with E-state index in [9.17, 15) is 0 Å². The Morgan fingerprint density at radius 3 is 1.52 bits per heavy atom. The second-order valence-corrected chi connectivity index (χ2v) is 13.8. The first-order valence-corrected chi connectivity index (χ1v) is 13.3. The number of hydrogen-bond donors (Lipinski definition) is 0. The monoisotopic (exact) mass is 342 g/mol. The van der Waals surface area contributed by atoms with Gasteiger partial charge in [-0.15, -0.1) is 0 Å². The van der Waals surface area contributed by atoms with Crippen LogP contribution in [0.15, 0.2) is 0 Å². The van der Waals surface area contributed by atoms with Crippen molar-refractivity contribution in [3.63, 3.8) is 0 Å². The van der Waals surface area contributed by atoms with E-state index in [1.165, 1.54) is 77.0 Å². The molecule has 0 radical (unpaired) electrons. The first-order chi connectivity index (χ1) is 10.7. The van der Waals surface area contributed by atoms with Crippen molar-refractivity contribution in [2.24, 2.45) is 0 Å². The molecule has 0 rings (SSSR count). The lowest BCUT2D eigenvalue weighted by atomic mass is 10.0. The summed E-state index contributed by atoms with van der Waals surface area (Å²) in [6.07, 6.45) is 17.3. The third-order valence-corrected chi connectivity index (χ3v) is 10.1. The van der Waals surface area contributed by atoms with Crippen LogP contribution in [-0.2, 0) is 4.43 Å². The SMILES string of the molecule is CCCCCCCCCCCCCC(C)O[Si](C)(C)C(C)(C)C. The van der Waals surface area contributed by atoms with Crippen molar-refractivity contribution in [3.05, 3.63) is 0 Å². The minimum Gasteiger partial charge on any atom is -0.414 e. The predicted molar refractivity (Wildman–Crippen MR) is 109 cm³/mol. The van der Waals surface area contributed by atoms with E-state index in [2.05, 4.69) is 47.7 Å². The summed E-state index contributed by atoms with van der Waals surface area (Å²) in [4.78, 5) is 0. The van der Waals surface area contributed by atoms with Gasteiger partial charge < -0.3 is 4.43 Å². The molecule has 0 aliphatic carbocycles. The highest BCUT2D eigenvalue weighted by molar-refractivity contribution is 6.74. The van der Waals surface area contributed by atoms with Crippen LogP contribution in [0.4, 0.5) is 0 Å². The van der Waals surface area contributed by atoms with Crippen LogP contribution in [-0.4, -0.2) is 14.4 Å². The van der Waals surface area contributed by atoms with E-state index in [4.69, 9.17) is 4.43 Å². The summed E-state index contributed by atoms with van der Waals surface area (Å²) in [5.41, 5.74) is 0. The summed E-state index contributed by atoms with van der Waals surface area (Å²) < 4.78 is 6.43. The molecule has 1 unspecified atom stereocenters. The average Bonchev–Trinajstić information content (AvgIpc) is 2.43. The van der Waals surface area contributed by atoms with Gasteiger partial charge in [0.25, 0.3) is 0 Å². The largest absolute Gasteiger partial charge is 0.414 e. The number of hydrogen-bond acceptors (Lipinski definition) is 1. The molecule has 0 aliphatic rings. The Balaban J connectivity index is 3.48. The molecule has 1 atom stereocenters. The van der Waals surface area contributed by atoms with Gasteiger partial charge in [-0.05, 0) is 31.5 Å². The maximum Gasteiger partial charge on any atom is 0.192 e. The van der Waals surface area contributed by atoms with Gasteiger partial charge in [0, 0.05) is 6.10 Å². The second-order valence-electron chi connectivity index (χ2n) is 9.01. The topological polar surface area (TPSA) is 9.23 Å². The molecule has 0 spiro atoms. The Labute approximate surface area is 149 Å². The third kappa shape index (κ3) is 12.2.